The predicted molar refractivity (Wildman–Crippen MR) is 428 cm³/mol. The van der Waals surface area contributed by atoms with E-state index in [4.69, 9.17) is 18.9 Å². The van der Waals surface area contributed by atoms with Crippen LogP contribution < -0.4 is 0 Å². The molecule has 0 aromatic carbocycles. The molecular weight excluding hydrogens is 1220 g/mol. The third-order valence-corrected chi connectivity index (χ3v) is 17.6. The number of ether oxygens (including phenoxy) is 4. The van der Waals surface area contributed by atoms with Gasteiger partial charge in [0, 0.05) is 12.8 Å². The molecule has 0 bridgehead atoms. The van der Waals surface area contributed by atoms with E-state index in [0.29, 0.717) is 23.9 Å². The van der Waals surface area contributed by atoms with Gasteiger partial charge in [0.25, 0.3) is 6.29 Å². The van der Waals surface area contributed by atoms with Gasteiger partial charge in [-0.3, -0.25) is 9.59 Å². The Morgan fingerprint density at radius 3 is 0.859 bits per heavy atom. The Kier molecular flexibility index (Phi) is 75.0. The van der Waals surface area contributed by atoms with Crippen LogP contribution in [0, 0.1) is 0 Å². The van der Waals surface area contributed by atoms with Crippen LogP contribution >= 0.6 is 0 Å². The quantitative estimate of drug-likeness (QED) is 0.0211. The van der Waals surface area contributed by atoms with Gasteiger partial charge in [-0.05, 0) is 122 Å². The lowest BCUT2D eigenvalue weighted by molar-refractivity contribution is -0.870. The number of rotatable bonds is 75. The maximum absolute atomic E-state index is 13.0. The second kappa shape index (κ2) is 78.9. The summed E-state index contributed by atoms with van der Waals surface area (Å²) in [5.41, 5.74) is 0. The van der Waals surface area contributed by atoms with Gasteiger partial charge in [-0.2, -0.15) is 0 Å². The third-order valence-electron chi connectivity index (χ3n) is 17.6. The molecule has 0 aromatic heterocycles. The number of aliphatic carboxylic acids is 1. The maximum Gasteiger partial charge on any atom is 0.361 e. The van der Waals surface area contributed by atoms with Gasteiger partial charge in [0.05, 0.1) is 34.4 Å². The highest BCUT2D eigenvalue weighted by molar-refractivity contribution is 5.71. The van der Waals surface area contributed by atoms with Crippen molar-refractivity contribution in [3.05, 3.63) is 146 Å². The van der Waals surface area contributed by atoms with Crippen molar-refractivity contribution in [1.82, 2.24) is 0 Å². The molecule has 0 fully saturated rings. The molecular formula is C90H154NO8+. The summed E-state index contributed by atoms with van der Waals surface area (Å²) in [5, 5.41) is 9.78. The summed E-state index contributed by atoms with van der Waals surface area (Å²) in [6.07, 6.45) is 113. The molecule has 0 aromatic rings. The van der Waals surface area contributed by atoms with E-state index in [-0.39, 0.29) is 32.2 Å². The van der Waals surface area contributed by atoms with Crippen LogP contribution in [0.1, 0.15) is 348 Å². The second-order valence-electron chi connectivity index (χ2n) is 28.3. The lowest BCUT2D eigenvalue weighted by Crippen LogP contribution is -2.40. The van der Waals surface area contributed by atoms with Crippen molar-refractivity contribution in [2.24, 2.45) is 0 Å². The van der Waals surface area contributed by atoms with E-state index in [9.17, 15) is 19.5 Å². The second-order valence-corrected chi connectivity index (χ2v) is 28.3. The molecule has 0 aliphatic heterocycles. The molecule has 0 rings (SSSR count). The predicted octanol–water partition coefficient (Wildman–Crippen LogP) is 26.6. The summed E-state index contributed by atoms with van der Waals surface area (Å²) in [6.45, 7) is 4.78. The van der Waals surface area contributed by atoms with Crippen molar-refractivity contribution < 1.29 is 42.9 Å². The standard InChI is InChI=1S/C90H153NO8/c1-6-8-10-12-14-16-18-20-22-24-26-28-30-32-34-36-38-40-41-42-43-44-45-46-47-49-51-53-55-57-59-61-63-65-67-69-71-73-75-77-79-81-88(93)99-86(85-98-90(89(94)95)96-83-82-91(3,4)5)84-97-87(92)80-78-76-74-72-70-68-66-64-62-60-58-56-54-52-50-48-39-37-35-33-31-29-27-25-23-21-19-17-15-13-11-9-7-2/h8,10,14,16,19-22,25-28,31-34,38,40,42-43,45-46,49,51,86,90H,6-7,9,11-13,15,17-18,23-24,29-30,35-37,39,41,44,47-48,50,52-85H2,1-5H3/p+1/b10-8-,16-14-,21-19-,22-20-,27-25-,28-26-,33-31-,34-32-,40-38-,43-42-,46-45-,51-49-. The van der Waals surface area contributed by atoms with Crippen molar-refractivity contribution in [1.29, 1.82) is 0 Å². The molecule has 0 saturated carbocycles. The molecule has 0 aliphatic rings. The Morgan fingerprint density at radius 2 is 0.576 bits per heavy atom. The molecule has 0 radical (unpaired) electrons. The van der Waals surface area contributed by atoms with E-state index in [1.807, 2.05) is 21.1 Å². The summed E-state index contributed by atoms with van der Waals surface area (Å²) < 4.78 is 23.1. The van der Waals surface area contributed by atoms with Crippen LogP contribution in [0.25, 0.3) is 0 Å². The number of carboxylic acids is 1. The number of quaternary nitrogens is 1. The van der Waals surface area contributed by atoms with Crippen LogP contribution in [-0.4, -0.2) is 87.4 Å². The zero-order chi connectivity index (χ0) is 71.8. The summed E-state index contributed by atoms with van der Waals surface area (Å²) in [7, 11) is 5.98. The summed E-state index contributed by atoms with van der Waals surface area (Å²) in [6, 6.07) is 0. The third kappa shape index (κ3) is 80.4. The Balaban J connectivity index is 4.05. The molecule has 9 nitrogen and oxygen atoms in total. The minimum absolute atomic E-state index is 0.183. The smallest absolute Gasteiger partial charge is 0.361 e. The first-order valence-corrected chi connectivity index (χ1v) is 41.0. The molecule has 2 unspecified atom stereocenters. The normalized spacial score (nSPS) is 13.4. The van der Waals surface area contributed by atoms with Gasteiger partial charge in [0.15, 0.2) is 6.10 Å². The molecule has 2 atom stereocenters. The monoisotopic (exact) mass is 1380 g/mol. The van der Waals surface area contributed by atoms with Crippen LogP contribution in [0.4, 0.5) is 0 Å². The number of carbonyl (C=O) groups excluding carboxylic acids is 2. The van der Waals surface area contributed by atoms with Gasteiger partial charge in [-0.15, -0.1) is 0 Å². The molecule has 0 aliphatic carbocycles. The summed E-state index contributed by atoms with van der Waals surface area (Å²) in [4.78, 5) is 37.8. The molecule has 1 N–H and O–H groups in total. The number of esters is 2. The maximum atomic E-state index is 13.0. The first-order valence-electron chi connectivity index (χ1n) is 41.0. The molecule has 0 saturated heterocycles. The molecule has 99 heavy (non-hydrogen) atoms. The molecule has 0 amide bonds. The van der Waals surface area contributed by atoms with E-state index >= 15 is 0 Å². The van der Waals surface area contributed by atoms with Crippen molar-refractivity contribution in [2.75, 3.05) is 47.5 Å². The topological polar surface area (TPSA) is 108 Å². The zero-order valence-electron chi connectivity index (χ0n) is 64.9. The number of likely N-dealkylation sites (N-methyl/N-ethyl adjacent to an activating group) is 1. The van der Waals surface area contributed by atoms with Crippen molar-refractivity contribution >= 4 is 17.9 Å². The van der Waals surface area contributed by atoms with E-state index in [1.54, 1.807) is 0 Å². The summed E-state index contributed by atoms with van der Waals surface area (Å²) >= 11 is 0. The lowest BCUT2D eigenvalue weighted by atomic mass is 10.0. The van der Waals surface area contributed by atoms with E-state index in [0.717, 1.165) is 109 Å². The first-order chi connectivity index (χ1) is 48.6. The van der Waals surface area contributed by atoms with Crippen molar-refractivity contribution in [3.8, 4) is 0 Å². The molecule has 566 valence electrons. The summed E-state index contributed by atoms with van der Waals surface area (Å²) in [5.74, 6) is -2.00. The van der Waals surface area contributed by atoms with Gasteiger partial charge < -0.3 is 28.5 Å². The van der Waals surface area contributed by atoms with Crippen LogP contribution in [0.5, 0.6) is 0 Å². The minimum atomic E-state index is -1.52. The highest BCUT2D eigenvalue weighted by Gasteiger charge is 2.25. The fourth-order valence-corrected chi connectivity index (χ4v) is 11.4. The van der Waals surface area contributed by atoms with Gasteiger partial charge >= 0.3 is 17.9 Å². The largest absolute Gasteiger partial charge is 0.477 e. The number of hydrogen-bond acceptors (Lipinski definition) is 7. The average Bonchev–Trinajstić information content (AvgIpc) is 2.62. The van der Waals surface area contributed by atoms with Crippen molar-refractivity contribution in [3.63, 3.8) is 0 Å². The fraction of sp³-hybridized carbons (Fsp3) is 0.700. The van der Waals surface area contributed by atoms with Gasteiger partial charge in [0.2, 0.25) is 0 Å². The lowest BCUT2D eigenvalue weighted by Gasteiger charge is -2.25. The Bertz CT molecular complexity index is 2150. The Morgan fingerprint density at radius 1 is 0.313 bits per heavy atom. The minimum Gasteiger partial charge on any atom is -0.477 e. The van der Waals surface area contributed by atoms with E-state index < -0.39 is 24.3 Å². The highest BCUT2D eigenvalue weighted by Crippen LogP contribution is 2.18. The highest BCUT2D eigenvalue weighted by atomic mass is 16.7. The number of nitrogens with zero attached hydrogens (tertiary/aromatic N) is 1. The Labute approximate surface area is 611 Å². The number of unbranched alkanes of at least 4 members (excludes halogenated alkanes) is 36. The first kappa shape index (κ1) is 94.2. The number of allylic oxidation sites excluding steroid dienone is 24. The SMILES string of the molecule is CC/C=C\C/C=C\C/C=C\C/C=C\C/C=C\C/C=C\C/C=C\C/C=C\C/C=C\CCCCCCCCCCCCCCCC(=O)OC(COC(=O)CCCCCCCCCCCCCCCCCCCC/C=C\C/C=C\C/C=C\CCCCCCC)COC(OCC[N+](C)(C)C)C(=O)O. The number of hydrogen-bond donors (Lipinski definition) is 1. The van der Waals surface area contributed by atoms with Crippen LogP contribution in [0.15, 0.2) is 146 Å². The van der Waals surface area contributed by atoms with E-state index in [1.165, 1.54) is 205 Å². The number of carboxylic acid groups (broad SMARTS) is 1. The molecule has 0 heterocycles. The fourth-order valence-electron chi connectivity index (χ4n) is 11.4. The average molecular weight is 1380 g/mol. The van der Waals surface area contributed by atoms with E-state index in [2.05, 4.69) is 160 Å². The Hall–Kier alpha value is -4.83. The number of carbonyl (C=O) groups is 3. The van der Waals surface area contributed by atoms with Crippen LogP contribution in [0.3, 0.4) is 0 Å². The van der Waals surface area contributed by atoms with Gasteiger partial charge in [0.1, 0.15) is 13.2 Å². The molecule has 9 heteroatoms. The van der Waals surface area contributed by atoms with Crippen LogP contribution in [0.2, 0.25) is 0 Å². The van der Waals surface area contributed by atoms with Crippen LogP contribution in [-0.2, 0) is 33.3 Å². The van der Waals surface area contributed by atoms with Gasteiger partial charge in [-0.25, -0.2) is 4.79 Å². The van der Waals surface area contributed by atoms with Crippen molar-refractivity contribution in [2.45, 2.75) is 360 Å². The zero-order valence-corrected chi connectivity index (χ0v) is 64.9. The van der Waals surface area contributed by atoms with Gasteiger partial charge in [-0.1, -0.05) is 359 Å². The molecule has 0 spiro atoms.